The van der Waals surface area contributed by atoms with Crippen molar-refractivity contribution in [2.24, 2.45) is 5.92 Å². The van der Waals surface area contributed by atoms with Crippen LogP contribution in [0.2, 0.25) is 0 Å². The first-order valence-electron chi connectivity index (χ1n) is 5.40. The van der Waals surface area contributed by atoms with Crippen molar-refractivity contribution < 1.29 is 0 Å². The summed E-state index contributed by atoms with van der Waals surface area (Å²) >= 11 is 0. The molecule has 0 amide bonds. The van der Waals surface area contributed by atoms with E-state index in [0.29, 0.717) is 17.2 Å². The van der Waals surface area contributed by atoms with Crippen molar-refractivity contribution in [1.29, 1.82) is 5.26 Å². The molecular weight excluding hydrogens is 198 g/mol. The standard InChI is InChI=1S/C13H15N3/c1-9(2)7-16-8-10(6-14)12-5-11(15)3-4-13(12)16/h3-5,8-9H,7,15H2,1-2H3. The Kier molecular flexibility index (Phi) is 2.57. The molecule has 0 aliphatic carbocycles. The average molecular weight is 213 g/mol. The van der Waals surface area contributed by atoms with Gasteiger partial charge in [0.25, 0.3) is 0 Å². The fourth-order valence-electron chi connectivity index (χ4n) is 1.95. The number of nitrogens with zero attached hydrogens (tertiary/aromatic N) is 2. The summed E-state index contributed by atoms with van der Waals surface area (Å²) in [6, 6.07) is 7.94. The van der Waals surface area contributed by atoms with Crippen LogP contribution in [-0.4, -0.2) is 4.57 Å². The van der Waals surface area contributed by atoms with Gasteiger partial charge in [-0.05, 0) is 24.1 Å². The van der Waals surface area contributed by atoms with Crippen molar-refractivity contribution in [3.63, 3.8) is 0 Å². The van der Waals surface area contributed by atoms with E-state index in [-0.39, 0.29) is 0 Å². The molecule has 2 aromatic rings. The van der Waals surface area contributed by atoms with Gasteiger partial charge in [-0.3, -0.25) is 0 Å². The third kappa shape index (κ3) is 1.74. The first-order valence-corrected chi connectivity index (χ1v) is 5.40. The summed E-state index contributed by atoms with van der Waals surface area (Å²) in [6.45, 7) is 5.24. The van der Waals surface area contributed by atoms with E-state index in [9.17, 15) is 0 Å². The van der Waals surface area contributed by atoms with Crippen molar-refractivity contribution in [3.05, 3.63) is 30.0 Å². The van der Waals surface area contributed by atoms with Crippen LogP contribution in [0.25, 0.3) is 10.9 Å². The summed E-state index contributed by atoms with van der Waals surface area (Å²) in [7, 11) is 0. The summed E-state index contributed by atoms with van der Waals surface area (Å²) < 4.78 is 2.12. The van der Waals surface area contributed by atoms with E-state index in [4.69, 9.17) is 11.0 Å². The number of aromatic nitrogens is 1. The summed E-state index contributed by atoms with van der Waals surface area (Å²) in [6.07, 6.45) is 1.91. The summed E-state index contributed by atoms with van der Waals surface area (Å²) in [4.78, 5) is 0. The lowest BCUT2D eigenvalue weighted by Gasteiger charge is -2.07. The van der Waals surface area contributed by atoms with Crippen LogP contribution in [0.3, 0.4) is 0 Å². The fourth-order valence-corrected chi connectivity index (χ4v) is 1.95. The lowest BCUT2D eigenvalue weighted by Crippen LogP contribution is -2.02. The van der Waals surface area contributed by atoms with Gasteiger partial charge in [0.15, 0.2) is 0 Å². The first kappa shape index (κ1) is 10.6. The van der Waals surface area contributed by atoms with E-state index in [2.05, 4.69) is 24.5 Å². The summed E-state index contributed by atoms with van der Waals surface area (Å²) in [5.74, 6) is 0.555. The molecule has 2 rings (SSSR count). The van der Waals surface area contributed by atoms with Gasteiger partial charge in [0.1, 0.15) is 6.07 Å². The number of nitrogen functional groups attached to an aromatic ring is 1. The highest BCUT2D eigenvalue weighted by Crippen LogP contribution is 2.24. The Morgan fingerprint density at radius 3 is 2.81 bits per heavy atom. The Labute approximate surface area is 95.1 Å². The zero-order chi connectivity index (χ0) is 11.7. The number of hydrogen-bond donors (Lipinski definition) is 1. The SMILES string of the molecule is CC(C)Cn1cc(C#N)c2cc(N)ccc21. The number of hydrogen-bond acceptors (Lipinski definition) is 2. The second-order valence-corrected chi connectivity index (χ2v) is 4.48. The smallest absolute Gasteiger partial charge is 0.101 e. The quantitative estimate of drug-likeness (QED) is 0.780. The molecule has 1 heterocycles. The third-order valence-electron chi connectivity index (χ3n) is 2.59. The van der Waals surface area contributed by atoms with Gasteiger partial charge in [-0.25, -0.2) is 0 Å². The molecule has 2 N–H and O–H groups in total. The summed E-state index contributed by atoms with van der Waals surface area (Å²) in [5, 5.41) is 10.0. The minimum absolute atomic E-state index is 0.555. The van der Waals surface area contributed by atoms with Crippen LogP contribution in [0.15, 0.2) is 24.4 Å². The Morgan fingerprint density at radius 1 is 1.44 bits per heavy atom. The molecule has 1 aromatic heterocycles. The van der Waals surface area contributed by atoms with E-state index in [1.165, 1.54) is 0 Å². The number of benzene rings is 1. The molecule has 3 nitrogen and oxygen atoms in total. The van der Waals surface area contributed by atoms with Crippen molar-refractivity contribution in [2.75, 3.05) is 5.73 Å². The van der Waals surface area contributed by atoms with Crippen LogP contribution >= 0.6 is 0 Å². The number of nitriles is 1. The summed E-state index contributed by atoms with van der Waals surface area (Å²) in [5.41, 5.74) is 8.22. The van der Waals surface area contributed by atoms with Crippen molar-refractivity contribution >= 4 is 16.6 Å². The molecule has 0 fully saturated rings. The van der Waals surface area contributed by atoms with E-state index in [1.54, 1.807) is 0 Å². The zero-order valence-electron chi connectivity index (χ0n) is 9.57. The van der Waals surface area contributed by atoms with E-state index in [1.807, 2.05) is 24.4 Å². The molecule has 0 saturated carbocycles. The molecule has 0 unspecified atom stereocenters. The second-order valence-electron chi connectivity index (χ2n) is 4.48. The predicted octanol–water partition coefficient (Wildman–Crippen LogP) is 2.75. The van der Waals surface area contributed by atoms with Crippen LogP contribution < -0.4 is 5.73 Å². The van der Waals surface area contributed by atoms with Crippen molar-refractivity contribution in [3.8, 4) is 6.07 Å². The minimum Gasteiger partial charge on any atom is -0.399 e. The Morgan fingerprint density at radius 2 is 2.19 bits per heavy atom. The highest BCUT2D eigenvalue weighted by Gasteiger charge is 2.09. The molecule has 16 heavy (non-hydrogen) atoms. The lowest BCUT2D eigenvalue weighted by atomic mass is 10.1. The fraction of sp³-hybridized carbons (Fsp3) is 0.308. The second kappa shape index (κ2) is 3.90. The Hall–Kier alpha value is -1.95. The molecule has 0 atom stereocenters. The molecule has 0 bridgehead atoms. The number of nitrogens with two attached hydrogens (primary N) is 1. The highest BCUT2D eigenvalue weighted by molar-refractivity contribution is 5.88. The zero-order valence-corrected chi connectivity index (χ0v) is 9.57. The van der Waals surface area contributed by atoms with Gasteiger partial charge >= 0.3 is 0 Å². The van der Waals surface area contributed by atoms with Gasteiger partial charge in [-0.1, -0.05) is 13.8 Å². The monoisotopic (exact) mass is 213 g/mol. The molecular formula is C13H15N3. The van der Waals surface area contributed by atoms with Crippen LogP contribution in [0, 0.1) is 17.2 Å². The van der Waals surface area contributed by atoms with Gasteiger partial charge in [-0.15, -0.1) is 0 Å². The Bertz CT molecular complexity index is 558. The predicted molar refractivity (Wildman–Crippen MR) is 65.9 cm³/mol. The van der Waals surface area contributed by atoms with Gasteiger partial charge in [-0.2, -0.15) is 5.26 Å². The van der Waals surface area contributed by atoms with Gasteiger partial charge in [0, 0.05) is 29.3 Å². The lowest BCUT2D eigenvalue weighted by molar-refractivity contribution is 0.535. The molecule has 82 valence electrons. The first-order chi connectivity index (χ1) is 7.61. The molecule has 0 aliphatic rings. The Balaban J connectivity index is 2.64. The molecule has 0 saturated heterocycles. The van der Waals surface area contributed by atoms with Crippen LogP contribution in [0.1, 0.15) is 19.4 Å². The molecule has 3 heteroatoms. The van der Waals surface area contributed by atoms with Crippen LogP contribution in [0.5, 0.6) is 0 Å². The van der Waals surface area contributed by atoms with Gasteiger partial charge in [0.2, 0.25) is 0 Å². The maximum absolute atomic E-state index is 9.07. The van der Waals surface area contributed by atoms with Gasteiger partial charge in [0.05, 0.1) is 5.56 Å². The van der Waals surface area contributed by atoms with Crippen LogP contribution in [0.4, 0.5) is 5.69 Å². The molecule has 1 aromatic carbocycles. The highest BCUT2D eigenvalue weighted by atomic mass is 15.0. The molecule has 0 radical (unpaired) electrons. The number of anilines is 1. The minimum atomic E-state index is 0.555. The van der Waals surface area contributed by atoms with Crippen molar-refractivity contribution in [2.45, 2.75) is 20.4 Å². The average Bonchev–Trinajstić information content (AvgIpc) is 2.55. The van der Waals surface area contributed by atoms with Crippen LogP contribution in [-0.2, 0) is 6.54 Å². The maximum Gasteiger partial charge on any atom is 0.101 e. The van der Waals surface area contributed by atoms with E-state index in [0.717, 1.165) is 17.4 Å². The van der Waals surface area contributed by atoms with E-state index >= 15 is 0 Å². The maximum atomic E-state index is 9.07. The third-order valence-corrected chi connectivity index (χ3v) is 2.59. The molecule has 0 aliphatic heterocycles. The van der Waals surface area contributed by atoms with Gasteiger partial charge < -0.3 is 10.3 Å². The normalized spacial score (nSPS) is 10.9. The largest absolute Gasteiger partial charge is 0.399 e. The number of rotatable bonds is 2. The molecule has 0 spiro atoms. The number of fused-ring (bicyclic) bond motifs is 1. The van der Waals surface area contributed by atoms with E-state index < -0.39 is 0 Å². The topological polar surface area (TPSA) is 54.7 Å². The van der Waals surface area contributed by atoms with Crippen molar-refractivity contribution in [1.82, 2.24) is 4.57 Å².